The molecule has 0 unspecified atom stereocenters. The van der Waals surface area contributed by atoms with E-state index in [-0.39, 0.29) is 11.6 Å². The van der Waals surface area contributed by atoms with Crippen LogP contribution in [-0.2, 0) is 6.54 Å². The highest BCUT2D eigenvalue weighted by Crippen LogP contribution is 2.24. The summed E-state index contributed by atoms with van der Waals surface area (Å²) in [6, 6.07) is 17.7. The Morgan fingerprint density at radius 2 is 1.88 bits per heavy atom. The molecule has 0 aliphatic carbocycles. The Labute approximate surface area is 188 Å². The van der Waals surface area contributed by atoms with Crippen molar-refractivity contribution in [3.8, 4) is 11.4 Å². The molecule has 0 saturated carbocycles. The van der Waals surface area contributed by atoms with Gasteiger partial charge in [0.2, 0.25) is 0 Å². The van der Waals surface area contributed by atoms with E-state index in [2.05, 4.69) is 46.0 Å². The Morgan fingerprint density at radius 1 is 1.09 bits per heavy atom. The second kappa shape index (κ2) is 9.70. The smallest absolute Gasteiger partial charge is 0.280 e. The molecular formula is C25H29N5O2. The van der Waals surface area contributed by atoms with Gasteiger partial charge in [-0.15, -0.1) is 0 Å². The van der Waals surface area contributed by atoms with E-state index in [0.717, 1.165) is 48.5 Å². The maximum atomic E-state index is 12.9. The molecule has 4 rings (SSSR count). The molecule has 0 bridgehead atoms. The summed E-state index contributed by atoms with van der Waals surface area (Å²) >= 11 is 0. The van der Waals surface area contributed by atoms with Gasteiger partial charge in [-0.25, -0.2) is 4.68 Å². The Bertz CT molecular complexity index is 1190. The third kappa shape index (κ3) is 4.53. The number of aromatic nitrogens is 3. The zero-order chi connectivity index (χ0) is 22.5. The largest absolute Gasteiger partial charge is 0.493 e. The number of hydrogen-bond donors (Lipinski definition) is 1. The molecule has 32 heavy (non-hydrogen) atoms. The molecule has 1 amide bonds. The van der Waals surface area contributed by atoms with Crippen LogP contribution in [-0.4, -0.2) is 51.9 Å². The number of carbonyl (C=O) groups is 1. The van der Waals surface area contributed by atoms with Crippen LogP contribution in [0.5, 0.6) is 5.75 Å². The average molecular weight is 432 g/mol. The normalized spacial score (nSPS) is 11.2. The van der Waals surface area contributed by atoms with Crippen LogP contribution in [0.1, 0.15) is 24.3 Å². The maximum absolute atomic E-state index is 12.9. The lowest BCUT2D eigenvalue weighted by Crippen LogP contribution is -2.26. The number of para-hydroxylation sites is 1. The summed E-state index contributed by atoms with van der Waals surface area (Å²) in [5.41, 5.74) is 2.98. The summed E-state index contributed by atoms with van der Waals surface area (Å²) in [5.74, 6) is 0.117. The number of nitrogens with one attached hydrogen (secondary N) is 1. The predicted molar refractivity (Wildman–Crippen MR) is 128 cm³/mol. The maximum Gasteiger partial charge on any atom is 0.280 e. The van der Waals surface area contributed by atoms with Crippen LogP contribution >= 0.6 is 0 Å². The third-order valence-corrected chi connectivity index (χ3v) is 5.72. The molecule has 2 aromatic carbocycles. The molecule has 0 aliphatic rings. The van der Waals surface area contributed by atoms with Crippen molar-refractivity contribution in [2.75, 3.05) is 32.1 Å². The number of benzene rings is 2. The quantitative estimate of drug-likeness (QED) is 0.426. The summed E-state index contributed by atoms with van der Waals surface area (Å²) in [4.78, 5) is 15.4. The first-order chi connectivity index (χ1) is 15.6. The predicted octanol–water partition coefficient (Wildman–Crippen LogP) is 4.43. The zero-order valence-electron chi connectivity index (χ0n) is 18.8. The van der Waals surface area contributed by atoms with Crippen LogP contribution in [0, 0.1) is 0 Å². The molecule has 0 fully saturated rings. The molecule has 0 saturated heterocycles. The Balaban J connectivity index is 1.51. The van der Waals surface area contributed by atoms with Crippen LogP contribution in [0.4, 0.5) is 5.69 Å². The Hall–Kier alpha value is -3.58. The fourth-order valence-electron chi connectivity index (χ4n) is 3.83. The SMILES string of the molecule is CCN(CC)CCn1ccc2cc(NC(=O)c3nn(-c4ccccc4)cc3OC)ccc21. The van der Waals surface area contributed by atoms with E-state index < -0.39 is 0 Å². The van der Waals surface area contributed by atoms with Crippen LogP contribution in [0.2, 0.25) is 0 Å². The molecule has 7 nitrogen and oxygen atoms in total. The van der Waals surface area contributed by atoms with E-state index in [9.17, 15) is 4.79 Å². The molecule has 0 radical (unpaired) electrons. The Kier molecular flexibility index (Phi) is 6.56. The molecule has 0 atom stereocenters. The number of methoxy groups -OCH3 is 1. The number of rotatable bonds is 9. The lowest BCUT2D eigenvalue weighted by Gasteiger charge is -2.18. The minimum Gasteiger partial charge on any atom is -0.493 e. The topological polar surface area (TPSA) is 64.3 Å². The standard InChI is InChI=1S/C25H29N5O2/c1-4-28(5-2)15-16-29-14-13-19-17-20(11-12-22(19)29)26-25(31)24-23(32-3)18-30(27-24)21-9-7-6-8-10-21/h6-14,17-18H,4-5,15-16H2,1-3H3,(H,26,31). The molecule has 0 aliphatic heterocycles. The van der Waals surface area contributed by atoms with Crippen LogP contribution < -0.4 is 10.1 Å². The monoisotopic (exact) mass is 431 g/mol. The van der Waals surface area contributed by atoms with Crippen molar-refractivity contribution >= 4 is 22.5 Å². The fourth-order valence-corrected chi connectivity index (χ4v) is 3.83. The van der Waals surface area contributed by atoms with Crippen molar-refractivity contribution in [1.29, 1.82) is 0 Å². The molecule has 4 aromatic rings. The van der Waals surface area contributed by atoms with Crippen LogP contribution in [0.3, 0.4) is 0 Å². The highest BCUT2D eigenvalue weighted by Gasteiger charge is 2.19. The van der Waals surface area contributed by atoms with Crippen molar-refractivity contribution in [2.45, 2.75) is 20.4 Å². The van der Waals surface area contributed by atoms with Crippen LogP contribution in [0.25, 0.3) is 16.6 Å². The third-order valence-electron chi connectivity index (χ3n) is 5.72. The van der Waals surface area contributed by atoms with Gasteiger partial charge in [-0.2, -0.15) is 5.10 Å². The average Bonchev–Trinajstić information content (AvgIpc) is 3.44. The fraction of sp³-hybridized carbons (Fsp3) is 0.280. The molecule has 7 heteroatoms. The van der Waals surface area contributed by atoms with E-state index in [1.165, 1.54) is 7.11 Å². The van der Waals surface area contributed by atoms with Gasteiger partial charge in [-0.1, -0.05) is 32.0 Å². The number of likely N-dealkylation sites (N-methyl/N-ethyl adjacent to an activating group) is 1. The first-order valence-electron chi connectivity index (χ1n) is 10.9. The van der Waals surface area contributed by atoms with Crippen molar-refractivity contribution in [1.82, 2.24) is 19.2 Å². The van der Waals surface area contributed by atoms with Crippen molar-refractivity contribution in [3.05, 3.63) is 72.7 Å². The minimum atomic E-state index is -0.308. The second-order valence-corrected chi connectivity index (χ2v) is 7.59. The first-order valence-corrected chi connectivity index (χ1v) is 10.9. The van der Waals surface area contributed by atoms with Gasteiger partial charge in [0.15, 0.2) is 11.4 Å². The van der Waals surface area contributed by atoms with E-state index >= 15 is 0 Å². The van der Waals surface area contributed by atoms with E-state index in [1.54, 1.807) is 10.9 Å². The van der Waals surface area contributed by atoms with Gasteiger partial charge in [0.1, 0.15) is 0 Å². The highest BCUT2D eigenvalue weighted by atomic mass is 16.5. The molecule has 2 aromatic heterocycles. The zero-order valence-corrected chi connectivity index (χ0v) is 18.8. The van der Waals surface area contributed by atoms with E-state index in [4.69, 9.17) is 4.74 Å². The summed E-state index contributed by atoms with van der Waals surface area (Å²) in [6.07, 6.45) is 3.81. The van der Waals surface area contributed by atoms with Gasteiger partial charge in [0, 0.05) is 35.9 Å². The van der Waals surface area contributed by atoms with Crippen LogP contribution in [0.15, 0.2) is 67.0 Å². The van der Waals surface area contributed by atoms with Gasteiger partial charge >= 0.3 is 0 Å². The van der Waals surface area contributed by atoms with Crippen molar-refractivity contribution < 1.29 is 9.53 Å². The highest BCUT2D eigenvalue weighted by molar-refractivity contribution is 6.05. The summed E-state index contributed by atoms with van der Waals surface area (Å²) in [6.45, 7) is 8.42. The first kappa shape index (κ1) is 21.6. The summed E-state index contributed by atoms with van der Waals surface area (Å²) < 4.78 is 9.29. The van der Waals surface area contributed by atoms with Crippen molar-refractivity contribution in [2.24, 2.45) is 0 Å². The molecule has 1 N–H and O–H groups in total. The summed E-state index contributed by atoms with van der Waals surface area (Å²) in [5, 5.41) is 8.48. The number of amides is 1. The van der Waals surface area contributed by atoms with Gasteiger partial charge in [0.05, 0.1) is 19.0 Å². The molecule has 0 spiro atoms. The number of hydrogen-bond acceptors (Lipinski definition) is 4. The number of carbonyl (C=O) groups excluding carboxylic acids is 1. The Morgan fingerprint density at radius 3 is 2.59 bits per heavy atom. The minimum absolute atomic E-state index is 0.244. The van der Waals surface area contributed by atoms with E-state index in [0.29, 0.717) is 5.75 Å². The van der Waals surface area contributed by atoms with Gasteiger partial charge in [-0.05, 0) is 49.5 Å². The molecule has 166 valence electrons. The molecule has 2 heterocycles. The number of ether oxygens (including phenoxy) is 1. The number of fused-ring (bicyclic) bond motifs is 1. The van der Waals surface area contributed by atoms with Gasteiger partial charge in [-0.3, -0.25) is 4.79 Å². The number of nitrogens with zero attached hydrogens (tertiary/aromatic N) is 4. The van der Waals surface area contributed by atoms with Crippen molar-refractivity contribution in [3.63, 3.8) is 0 Å². The van der Waals surface area contributed by atoms with Gasteiger partial charge in [0.25, 0.3) is 5.91 Å². The second-order valence-electron chi connectivity index (χ2n) is 7.59. The number of anilines is 1. The van der Waals surface area contributed by atoms with E-state index in [1.807, 2.05) is 48.5 Å². The molecular weight excluding hydrogens is 402 g/mol. The summed E-state index contributed by atoms with van der Waals surface area (Å²) in [7, 11) is 1.54. The lowest BCUT2D eigenvalue weighted by molar-refractivity contribution is 0.101. The lowest BCUT2D eigenvalue weighted by atomic mass is 10.2. The van der Waals surface area contributed by atoms with Gasteiger partial charge < -0.3 is 19.5 Å².